The highest BCUT2D eigenvalue weighted by Crippen LogP contribution is 2.43. The molecule has 0 aliphatic carbocycles. The third kappa shape index (κ3) is 5.17. The Bertz CT molecular complexity index is 1790. The van der Waals surface area contributed by atoms with Crippen LogP contribution in [0.15, 0.2) is 106 Å². The molecule has 2 aromatic heterocycles. The Morgan fingerprint density at radius 2 is 1.39 bits per heavy atom. The van der Waals surface area contributed by atoms with Gasteiger partial charge in [0.15, 0.2) is 5.76 Å². The number of furan rings is 2. The molecule has 0 saturated carbocycles. The number of carbonyl (C=O) groups is 1. The predicted octanol–water partition coefficient (Wildman–Crippen LogP) is 8.77. The monoisotopic (exact) mass is 543 g/mol. The summed E-state index contributed by atoms with van der Waals surface area (Å²) in [6, 6.07) is 31.7. The summed E-state index contributed by atoms with van der Waals surface area (Å²) in [6.45, 7) is 9.70. The maximum Gasteiger partial charge on any atom is 0.228 e. The molecule has 0 aliphatic rings. The molecule has 0 bridgehead atoms. The third-order valence-corrected chi connectivity index (χ3v) is 7.74. The molecule has 6 aromatic rings. The van der Waals surface area contributed by atoms with Crippen LogP contribution in [0.5, 0.6) is 5.75 Å². The lowest BCUT2D eigenvalue weighted by Crippen LogP contribution is -2.27. The lowest BCUT2D eigenvalue weighted by Gasteiger charge is -2.18. The smallest absolute Gasteiger partial charge is 0.228 e. The highest BCUT2D eigenvalue weighted by Gasteiger charge is 2.23. The molecule has 41 heavy (non-hydrogen) atoms. The van der Waals surface area contributed by atoms with Crippen molar-refractivity contribution in [2.24, 2.45) is 0 Å². The summed E-state index contributed by atoms with van der Waals surface area (Å²) in [5.41, 5.74) is 5.82. The van der Waals surface area contributed by atoms with Crippen molar-refractivity contribution >= 4 is 27.7 Å². The lowest BCUT2D eigenvalue weighted by atomic mass is 9.97. The summed E-state index contributed by atoms with van der Waals surface area (Å²) >= 11 is 0. The molecule has 0 saturated heterocycles. The fraction of sp³-hybridized carbons (Fsp3) is 0.194. The average molecular weight is 544 g/mol. The molecule has 2 heterocycles. The first kappa shape index (κ1) is 26.6. The molecule has 0 spiro atoms. The molecule has 0 unspecified atom stereocenters. The summed E-state index contributed by atoms with van der Waals surface area (Å²) < 4.78 is 18.5. The Labute approximate surface area is 240 Å². The van der Waals surface area contributed by atoms with Crippen molar-refractivity contribution in [3.05, 3.63) is 114 Å². The minimum Gasteiger partial charge on any atom is -0.492 e. The van der Waals surface area contributed by atoms with Crippen molar-refractivity contribution in [2.75, 3.05) is 26.2 Å². The van der Waals surface area contributed by atoms with Crippen LogP contribution in [0.4, 0.5) is 0 Å². The zero-order valence-electron chi connectivity index (χ0n) is 23.6. The minimum absolute atomic E-state index is 0.154. The first-order valence-corrected chi connectivity index (χ1v) is 14.2. The lowest BCUT2D eigenvalue weighted by molar-refractivity contribution is 0.101. The van der Waals surface area contributed by atoms with E-state index in [1.54, 1.807) is 12.1 Å². The number of carbonyl (C=O) groups excluding carboxylic acids is 1. The van der Waals surface area contributed by atoms with Crippen LogP contribution in [0.25, 0.3) is 44.4 Å². The van der Waals surface area contributed by atoms with E-state index < -0.39 is 0 Å². The number of rotatable bonds is 10. The molecule has 5 heteroatoms. The molecule has 6 rings (SSSR count). The molecular formula is C36H33NO4. The van der Waals surface area contributed by atoms with Crippen LogP contribution in [-0.2, 0) is 0 Å². The summed E-state index contributed by atoms with van der Waals surface area (Å²) in [4.78, 5) is 15.8. The van der Waals surface area contributed by atoms with Crippen molar-refractivity contribution in [3.63, 3.8) is 0 Å². The molecule has 0 N–H and O–H groups in total. The van der Waals surface area contributed by atoms with Crippen LogP contribution < -0.4 is 4.74 Å². The van der Waals surface area contributed by atoms with E-state index >= 15 is 0 Å². The van der Waals surface area contributed by atoms with E-state index in [1.165, 1.54) is 0 Å². The highest BCUT2D eigenvalue weighted by atomic mass is 16.5. The Balaban J connectivity index is 1.34. The van der Waals surface area contributed by atoms with E-state index in [0.29, 0.717) is 29.1 Å². The van der Waals surface area contributed by atoms with Crippen LogP contribution in [-0.4, -0.2) is 36.9 Å². The van der Waals surface area contributed by atoms with Gasteiger partial charge in [0, 0.05) is 45.6 Å². The van der Waals surface area contributed by atoms with Gasteiger partial charge in [-0.1, -0.05) is 74.5 Å². The Hall–Kier alpha value is -4.61. The van der Waals surface area contributed by atoms with Gasteiger partial charge >= 0.3 is 0 Å². The molecule has 4 aromatic carbocycles. The topological polar surface area (TPSA) is 55.8 Å². The second kappa shape index (κ2) is 11.5. The molecule has 0 aliphatic heterocycles. The highest BCUT2D eigenvalue weighted by molar-refractivity contribution is 6.13. The predicted molar refractivity (Wildman–Crippen MR) is 165 cm³/mol. The van der Waals surface area contributed by atoms with Gasteiger partial charge in [-0.15, -0.1) is 0 Å². The van der Waals surface area contributed by atoms with Crippen LogP contribution in [0.1, 0.15) is 35.5 Å². The SMILES string of the molecule is CCN(CC)CCOc1ccc(C(=O)c2oc3cc4oc(-c5ccccc5)c(-c5ccccc5)c4cc3c2C)cc1. The van der Waals surface area contributed by atoms with Crippen molar-refractivity contribution < 1.29 is 18.4 Å². The van der Waals surface area contributed by atoms with E-state index in [-0.39, 0.29) is 5.78 Å². The number of fused-ring (bicyclic) bond motifs is 2. The summed E-state index contributed by atoms with van der Waals surface area (Å²) in [7, 11) is 0. The van der Waals surface area contributed by atoms with E-state index in [4.69, 9.17) is 13.6 Å². The van der Waals surface area contributed by atoms with Gasteiger partial charge in [0.05, 0.1) is 0 Å². The quantitative estimate of drug-likeness (QED) is 0.162. The first-order chi connectivity index (χ1) is 20.1. The molecule has 0 amide bonds. The maximum atomic E-state index is 13.5. The van der Waals surface area contributed by atoms with E-state index in [0.717, 1.165) is 64.2 Å². The fourth-order valence-electron chi connectivity index (χ4n) is 5.38. The zero-order chi connectivity index (χ0) is 28.3. The van der Waals surface area contributed by atoms with Crippen LogP contribution in [0.2, 0.25) is 0 Å². The first-order valence-electron chi connectivity index (χ1n) is 14.2. The maximum absolute atomic E-state index is 13.5. The molecular weight excluding hydrogens is 510 g/mol. The average Bonchev–Trinajstić information content (AvgIpc) is 3.56. The van der Waals surface area contributed by atoms with Crippen molar-refractivity contribution in [1.82, 2.24) is 4.90 Å². The van der Waals surface area contributed by atoms with E-state index in [9.17, 15) is 4.79 Å². The van der Waals surface area contributed by atoms with Gasteiger partial charge in [-0.25, -0.2) is 0 Å². The summed E-state index contributed by atoms with van der Waals surface area (Å²) in [5, 5.41) is 1.88. The van der Waals surface area contributed by atoms with Gasteiger partial charge in [0.1, 0.15) is 29.3 Å². The molecule has 206 valence electrons. The van der Waals surface area contributed by atoms with Crippen LogP contribution in [0.3, 0.4) is 0 Å². The van der Waals surface area contributed by atoms with Crippen molar-refractivity contribution in [3.8, 4) is 28.2 Å². The third-order valence-electron chi connectivity index (χ3n) is 7.74. The number of hydrogen-bond donors (Lipinski definition) is 0. The van der Waals surface area contributed by atoms with Gasteiger partial charge in [-0.2, -0.15) is 0 Å². The van der Waals surface area contributed by atoms with Crippen molar-refractivity contribution in [1.29, 1.82) is 0 Å². The molecule has 0 atom stereocenters. The number of aryl methyl sites for hydroxylation is 1. The standard InChI is InChI=1S/C36H33NO4/c1-4-37(5-2)20-21-39-28-18-16-26(17-19-28)34(38)35-24(3)29-22-30-32(23-31(29)40-35)41-36(27-14-10-7-11-15-27)33(30)25-12-8-6-9-13-25/h6-19,22-23H,4-5,20-21H2,1-3H3. The summed E-state index contributed by atoms with van der Waals surface area (Å²) in [5.74, 6) is 1.75. The number of ketones is 1. The minimum atomic E-state index is -0.154. The number of hydrogen-bond acceptors (Lipinski definition) is 5. The second-order valence-electron chi connectivity index (χ2n) is 10.2. The second-order valence-corrected chi connectivity index (χ2v) is 10.2. The van der Waals surface area contributed by atoms with E-state index in [2.05, 4.69) is 49.1 Å². The number of nitrogens with zero attached hydrogens (tertiary/aromatic N) is 1. The Morgan fingerprint density at radius 3 is 2.05 bits per heavy atom. The van der Waals surface area contributed by atoms with Crippen LogP contribution >= 0.6 is 0 Å². The largest absolute Gasteiger partial charge is 0.492 e. The van der Waals surface area contributed by atoms with Gasteiger partial charge in [-0.05, 0) is 55.9 Å². The van der Waals surface area contributed by atoms with Gasteiger partial charge in [-0.3, -0.25) is 4.79 Å². The zero-order valence-corrected chi connectivity index (χ0v) is 23.6. The normalized spacial score (nSPS) is 11.5. The van der Waals surface area contributed by atoms with Gasteiger partial charge < -0.3 is 18.5 Å². The van der Waals surface area contributed by atoms with Crippen LogP contribution in [0, 0.1) is 6.92 Å². The Morgan fingerprint density at radius 1 is 0.756 bits per heavy atom. The number of ether oxygens (including phenoxy) is 1. The van der Waals surface area contributed by atoms with E-state index in [1.807, 2.05) is 61.5 Å². The number of likely N-dealkylation sites (N-methyl/N-ethyl adjacent to an activating group) is 1. The van der Waals surface area contributed by atoms with Crippen molar-refractivity contribution in [2.45, 2.75) is 20.8 Å². The van der Waals surface area contributed by atoms with Gasteiger partial charge in [0.2, 0.25) is 5.78 Å². The Kier molecular flexibility index (Phi) is 7.45. The summed E-state index contributed by atoms with van der Waals surface area (Å²) in [6.07, 6.45) is 0. The molecule has 0 fully saturated rings. The fourth-order valence-corrected chi connectivity index (χ4v) is 5.38. The molecule has 0 radical (unpaired) electrons. The molecule has 5 nitrogen and oxygen atoms in total. The van der Waals surface area contributed by atoms with Gasteiger partial charge in [0.25, 0.3) is 0 Å². The number of benzene rings is 4.